The van der Waals surface area contributed by atoms with E-state index in [4.69, 9.17) is 4.21 Å². The van der Waals surface area contributed by atoms with Crippen LogP contribution >= 0.6 is 0 Å². The highest BCUT2D eigenvalue weighted by atomic mass is 32.1. The van der Waals surface area contributed by atoms with Crippen LogP contribution in [0.15, 0.2) is 36.4 Å². The fraction of sp³-hybridized carbons (Fsp3) is 0. The minimum atomic E-state index is 2.00. The lowest BCUT2D eigenvalue weighted by Gasteiger charge is -1.69. The summed E-state index contributed by atoms with van der Waals surface area (Å²) in [5, 5.41) is 0. The maximum Gasteiger partial charge on any atom is 0.197 e. The normalized spacial score (nSPS) is 6.50. The van der Waals surface area contributed by atoms with Crippen LogP contribution < -0.4 is 0 Å². The molecule has 0 unspecified atom stereocenters. The Labute approximate surface area is 53.9 Å². The number of hydrogen-bond acceptors (Lipinski definition) is 2. The summed E-state index contributed by atoms with van der Waals surface area (Å²) in [7, 11) is 0. The molecule has 0 aliphatic rings. The highest BCUT2D eigenvalue weighted by molar-refractivity contribution is 7.44. The monoisotopic (exact) mass is 126 g/mol. The minimum Gasteiger partial charge on any atom is -0.197 e. The number of benzene rings is 1. The van der Waals surface area contributed by atoms with E-state index in [0.29, 0.717) is 0 Å². The molecule has 1 aromatic rings. The van der Waals surface area contributed by atoms with Crippen molar-refractivity contribution < 1.29 is 4.21 Å². The maximum atomic E-state index is 7.83. The molecule has 0 saturated carbocycles. The van der Waals surface area contributed by atoms with Crippen molar-refractivity contribution in [2.45, 2.75) is 0 Å². The van der Waals surface area contributed by atoms with E-state index in [1.54, 1.807) is 0 Å². The van der Waals surface area contributed by atoms with Crippen LogP contribution in [0.5, 0.6) is 0 Å². The fourth-order valence-corrected chi connectivity index (χ4v) is 0.385. The molecule has 0 atom stereocenters. The second kappa shape index (κ2) is 6.24. The Hall–Kier alpha value is -0.760. The van der Waals surface area contributed by atoms with Gasteiger partial charge in [-0.15, -0.1) is 0 Å². The van der Waals surface area contributed by atoms with Gasteiger partial charge in [0.05, 0.1) is 0 Å². The standard InChI is InChI=1S/C6H6.OS/c1-2-4-6-5-3-1;1-2/h1-6H;. The first-order chi connectivity index (χ1) is 4.00. The first-order valence-corrected chi connectivity index (χ1v) is 2.50. The van der Waals surface area contributed by atoms with Crippen molar-refractivity contribution in [1.29, 1.82) is 0 Å². The SMILES string of the molecule is O=S.c1ccccc1. The van der Waals surface area contributed by atoms with E-state index in [1.165, 1.54) is 0 Å². The van der Waals surface area contributed by atoms with Gasteiger partial charge in [0.15, 0.2) is 12.5 Å². The lowest BCUT2D eigenvalue weighted by atomic mass is 10.4. The summed E-state index contributed by atoms with van der Waals surface area (Å²) in [5.74, 6) is 0. The molecule has 1 rings (SSSR count). The molecule has 8 heavy (non-hydrogen) atoms. The molecule has 0 heterocycles. The Balaban J connectivity index is 0.000000222. The van der Waals surface area contributed by atoms with Gasteiger partial charge in [0.2, 0.25) is 0 Å². The van der Waals surface area contributed by atoms with Crippen molar-refractivity contribution >= 4 is 12.5 Å². The second-order valence-corrected chi connectivity index (χ2v) is 1.15. The van der Waals surface area contributed by atoms with Crippen LogP contribution in [0.4, 0.5) is 0 Å². The van der Waals surface area contributed by atoms with Gasteiger partial charge < -0.3 is 0 Å². The molecule has 0 aliphatic heterocycles. The third-order valence-corrected chi connectivity index (χ3v) is 0.667. The lowest BCUT2D eigenvalue weighted by molar-refractivity contribution is 0.702. The molecule has 42 valence electrons. The first-order valence-electron chi connectivity index (χ1n) is 2.17. The Morgan fingerprint density at radius 3 is 0.875 bits per heavy atom. The van der Waals surface area contributed by atoms with E-state index in [-0.39, 0.29) is 0 Å². The van der Waals surface area contributed by atoms with Crippen molar-refractivity contribution in [3.63, 3.8) is 0 Å². The fourth-order valence-electron chi connectivity index (χ4n) is 0.385. The average Bonchev–Trinajstić information content (AvgIpc) is 1.96. The van der Waals surface area contributed by atoms with Gasteiger partial charge in [-0.25, -0.2) is 0 Å². The quantitative estimate of drug-likeness (QED) is 0.522. The van der Waals surface area contributed by atoms with Gasteiger partial charge in [0.25, 0.3) is 0 Å². The zero-order valence-corrected chi connectivity index (χ0v) is 5.10. The van der Waals surface area contributed by atoms with Crippen molar-refractivity contribution in [2.75, 3.05) is 0 Å². The van der Waals surface area contributed by atoms with E-state index in [2.05, 4.69) is 12.5 Å². The Bertz CT molecular complexity index is 91.4. The Kier molecular flexibility index (Phi) is 5.65. The third kappa shape index (κ3) is 3.43. The molecule has 2 heteroatoms. The molecular weight excluding hydrogens is 120 g/mol. The zero-order chi connectivity index (χ0) is 6.24. The van der Waals surface area contributed by atoms with Crippen molar-refractivity contribution in [3.05, 3.63) is 36.4 Å². The molecule has 0 aliphatic carbocycles. The maximum absolute atomic E-state index is 7.83. The summed E-state index contributed by atoms with van der Waals surface area (Å²) in [5.41, 5.74) is 0. The molecule has 0 amide bonds. The number of rotatable bonds is 0. The molecule has 1 nitrogen and oxygen atoms in total. The second-order valence-electron chi connectivity index (χ2n) is 1.15. The first kappa shape index (κ1) is 7.24. The van der Waals surface area contributed by atoms with Crippen LogP contribution in [0, 0.1) is 0 Å². The largest absolute Gasteiger partial charge is 0.197 e. The van der Waals surface area contributed by atoms with Gasteiger partial charge in [0.1, 0.15) is 0 Å². The van der Waals surface area contributed by atoms with E-state index in [1.807, 2.05) is 36.4 Å². The zero-order valence-electron chi connectivity index (χ0n) is 4.28. The average molecular weight is 126 g/mol. The smallest absolute Gasteiger partial charge is 0.197 e. The lowest BCUT2D eigenvalue weighted by Crippen LogP contribution is -1.47. The van der Waals surface area contributed by atoms with Gasteiger partial charge in [-0.05, 0) is 0 Å². The van der Waals surface area contributed by atoms with Gasteiger partial charge in [-0.2, -0.15) is 4.21 Å². The molecule has 1 aromatic carbocycles. The van der Waals surface area contributed by atoms with Crippen molar-refractivity contribution in [3.8, 4) is 0 Å². The molecule has 0 spiro atoms. The summed E-state index contributed by atoms with van der Waals surface area (Å²) >= 11 is 2.83. The predicted octanol–water partition coefficient (Wildman–Crippen LogP) is 1.35. The summed E-state index contributed by atoms with van der Waals surface area (Å²) in [6.45, 7) is 0. The molecular formula is C6H6OS. The van der Waals surface area contributed by atoms with E-state index in [9.17, 15) is 0 Å². The summed E-state index contributed by atoms with van der Waals surface area (Å²) in [4.78, 5) is 0. The molecule has 0 N–H and O–H groups in total. The Morgan fingerprint density at radius 2 is 0.750 bits per heavy atom. The highest BCUT2D eigenvalue weighted by Gasteiger charge is 1.57. The van der Waals surface area contributed by atoms with Crippen molar-refractivity contribution in [1.82, 2.24) is 0 Å². The van der Waals surface area contributed by atoms with Crippen LogP contribution in [0.2, 0.25) is 0 Å². The topological polar surface area (TPSA) is 17.1 Å². The molecule has 0 fully saturated rings. The van der Waals surface area contributed by atoms with Crippen LogP contribution in [-0.4, -0.2) is 4.21 Å². The number of hydrogen-bond donors (Lipinski definition) is 0. The van der Waals surface area contributed by atoms with Gasteiger partial charge >= 0.3 is 0 Å². The van der Waals surface area contributed by atoms with Gasteiger partial charge in [-0.3, -0.25) is 0 Å². The van der Waals surface area contributed by atoms with E-state index in [0.717, 1.165) is 0 Å². The van der Waals surface area contributed by atoms with Crippen LogP contribution in [-0.2, 0) is 12.5 Å². The molecule has 0 radical (unpaired) electrons. The van der Waals surface area contributed by atoms with Gasteiger partial charge in [-0.1, -0.05) is 36.4 Å². The van der Waals surface area contributed by atoms with E-state index < -0.39 is 0 Å². The van der Waals surface area contributed by atoms with Crippen LogP contribution in [0.3, 0.4) is 0 Å². The van der Waals surface area contributed by atoms with E-state index >= 15 is 0 Å². The van der Waals surface area contributed by atoms with Gasteiger partial charge in [0, 0.05) is 0 Å². The summed E-state index contributed by atoms with van der Waals surface area (Å²) in [6.07, 6.45) is 0. The van der Waals surface area contributed by atoms with Crippen molar-refractivity contribution in [2.24, 2.45) is 0 Å². The summed E-state index contributed by atoms with van der Waals surface area (Å²) < 4.78 is 7.83. The van der Waals surface area contributed by atoms with Crippen LogP contribution in [0.1, 0.15) is 0 Å². The van der Waals surface area contributed by atoms with Crippen LogP contribution in [0.25, 0.3) is 0 Å². The Morgan fingerprint density at radius 1 is 0.625 bits per heavy atom. The third-order valence-electron chi connectivity index (χ3n) is 0.667. The molecule has 0 saturated heterocycles. The molecule has 0 bridgehead atoms. The molecule has 0 aromatic heterocycles. The summed E-state index contributed by atoms with van der Waals surface area (Å²) in [6, 6.07) is 12.0. The highest BCUT2D eigenvalue weighted by Crippen LogP contribution is 1.79. The minimum absolute atomic E-state index is 2.00. The predicted molar refractivity (Wildman–Crippen MR) is 34.6 cm³/mol.